The fraction of sp³-hybridized carbons (Fsp3) is 0.179. The van der Waals surface area contributed by atoms with E-state index in [1.165, 1.54) is 66.7 Å². The summed E-state index contributed by atoms with van der Waals surface area (Å²) in [5.41, 5.74) is 4.33. The van der Waals surface area contributed by atoms with Crippen LogP contribution in [-0.2, 0) is 9.59 Å². The average molecular weight is 905 g/mol. The number of ketones is 2. The first kappa shape index (κ1) is 39.9. The summed E-state index contributed by atoms with van der Waals surface area (Å²) in [4.78, 5) is 32.0. The van der Waals surface area contributed by atoms with Gasteiger partial charge in [0.1, 0.15) is 69.7 Å². The molecule has 0 radical (unpaired) electrons. The number of ether oxygens (including phenoxy) is 2. The number of hydrogen-bond acceptors (Lipinski definition) is 12. The number of benzene rings is 7. The van der Waals surface area contributed by atoms with E-state index in [9.17, 15) is 40.9 Å². The summed E-state index contributed by atoms with van der Waals surface area (Å²) >= 11 is 0. The fourth-order valence-electron chi connectivity index (χ4n) is 13.4. The Bertz CT molecular complexity index is 3340. The number of allylic oxidation sites excluding steroid dienone is 1. The zero-order valence-corrected chi connectivity index (χ0v) is 35.7. The normalized spacial score (nSPS) is 27.6. The monoisotopic (exact) mass is 904 g/mol. The molecule has 12 heteroatoms. The molecule has 0 aromatic heterocycles. The van der Waals surface area contributed by atoms with Gasteiger partial charge in [0.2, 0.25) is 0 Å². The van der Waals surface area contributed by atoms with Crippen molar-refractivity contribution in [2.45, 2.75) is 47.7 Å². The summed E-state index contributed by atoms with van der Waals surface area (Å²) in [6.07, 6.45) is -0.143. The standard InChI is InChI=1S/C56H40O12/c57-29-9-1-24(2-10-29)42-48-38(64)22-37-46-44-36(20-35(63)21-40(44)67-54(46)27-7-15-32(60)16-8-27)45-47-39(65)23-41-49(50(47)52(42)56(37,55(48)66)51(45)25-3-11-30(58)12-4-25)43(28-17-33(61)19-34(62)18-28)53(68-41)26-5-13-31(59)14-6-26/h1-23,42-43,45-46,48,51-54,57-63,65H/t42-,43+,45-,46+,48+,51-,52-,53+,54-,56+/m0/s1. The number of fused-ring (bicyclic) bond motifs is 9. The van der Waals surface area contributed by atoms with Crippen LogP contribution in [0.2, 0.25) is 0 Å². The van der Waals surface area contributed by atoms with Gasteiger partial charge in [0.05, 0.1) is 23.2 Å². The van der Waals surface area contributed by atoms with Crippen molar-refractivity contribution in [3.63, 3.8) is 0 Å². The first-order valence-electron chi connectivity index (χ1n) is 22.4. The van der Waals surface area contributed by atoms with Gasteiger partial charge in [0, 0.05) is 58.6 Å². The second kappa shape index (κ2) is 13.8. The Hall–Kier alpha value is -8.38. The van der Waals surface area contributed by atoms with Gasteiger partial charge in [-0.25, -0.2) is 0 Å². The van der Waals surface area contributed by atoms with Crippen LogP contribution in [0.3, 0.4) is 0 Å². The predicted molar refractivity (Wildman–Crippen MR) is 244 cm³/mol. The third kappa shape index (κ3) is 5.25. The lowest BCUT2D eigenvalue weighted by molar-refractivity contribution is -0.135. The summed E-state index contributed by atoms with van der Waals surface area (Å²) in [7, 11) is 0. The second-order valence-electron chi connectivity index (χ2n) is 18.9. The molecule has 8 N–H and O–H groups in total. The number of rotatable bonds is 5. The molecule has 0 unspecified atom stereocenters. The molecule has 0 amide bonds. The van der Waals surface area contributed by atoms with E-state index in [1.807, 2.05) is 0 Å². The van der Waals surface area contributed by atoms with Crippen molar-refractivity contribution in [3.05, 3.63) is 201 Å². The second-order valence-corrected chi connectivity index (χ2v) is 18.9. The van der Waals surface area contributed by atoms with Gasteiger partial charge < -0.3 is 50.3 Å². The van der Waals surface area contributed by atoms with E-state index in [2.05, 4.69) is 0 Å². The zero-order valence-electron chi connectivity index (χ0n) is 35.7. The first-order valence-corrected chi connectivity index (χ1v) is 22.4. The average Bonchev–Trinajstić information content (AvgIpc) is 3.92. The van der Waals surface area contributed by atoms with E-state index in [0.29, 0.717) is 67.0 Å². The maximum Gasteiger partial charge on any atom is 0.166 e. The van der Waals surface area contributed by atoms with E-state index >= 15 is 9.59 Å². The molecule has 7 aromatic rings. The van der Waals surface area contributed by atoms with Crippen LogP contribution in [0.25, 0.3) is 0 Å². The molecule has 1 fully saturated rings. The van der Waals surface area contributed by atoms with Gasteiger partial charge in [-0.1, -0.05) is 48.5 Å². The fourth-order valence-corrected chi connectivity index (χ4v) is 13.4. The van der Waals surface area contributed by atoms with E-state index in [-0.39, 0.29) is 57.5 Å². The Morgan fingerprint density at radius 2 is 0.897 bits per heavy atom. The van der Waals surface area contributed by atoms with Crippen LogP contribution in [0.1, 0.15) is 103 Å². The molecule has 2 aliphatic heterocycles. The van der Waals surface area contributed by atoms with Crippen molar-refractivity contribution >= 4 is 11.6 Å². The summed E-state index contributed by atoms with van der Waals surface area (Å²) in [5.74, 6) is -7.69. The molecule has 12 nitrogen and oxygen atoms in total. The molecule has 336 valence electrons. The lowest BCUT2D eigenvalue weighted by Crippen LogP contribution is -2.49. The van der Waals surface area contributed by atoms with Gasteiger partial charge in [0.25, 0.3) is 0 Å². The van der Waals surface area contributed by atoms with Gasteiger partial charge in [0.15, 0.2) is 11.6 Å². The zero-order chi connectivity index (χ0) is 46.7. The summed E-state index contributed by atoms with van der Waals surface area (Å²) in [6.45, 7) is 0. The maximum absolute atomic E-state index is 16.7. The summed E-state index contributed by atoms with van der Waals surface area (Å²) in [5, 5.41) is 89.3. The quantitative estimate of drug-likeness (QED) is 0.0759. The highest BCUT2D eigenvalue weighted by molar-refractivity contribution is 6.18. The molecule has 1 spiro atoms. The van der Waals surface area contributed by atoms with E-state index in [1.54, 1.807) is 72.8 Å². The third-order valence-corrected chi connectivity index (χ3v) is 15.6. The van der Waals surface area contributed by atoms with Crippen LogP contribution in [0.5, 0.6) is 57.5 Å². The van der Waals surface area contributed by atoms with E-state index < -0.39 is 64.8 Å². The lowest BCUT2D eigenvalue weighted by atomic mass is 9.48. The maximum atomic E-state index is 16.7. The molecular formula is C56H40O12. The first-order chi connectivity index (χ1) is 32.8. The minimum absolute atomic E-state index is 0.0126. The highest BCUT2D eigenvalue weighted by Crippen LogP contribution is 2.80. The number of Topliss-reactive ketones (excluding diaryl/α,β-unsaturated/α-hetero) is 1. The van der Waals surface area contributed by atoms with Gasteiger partial charge in [-0.2, -0.15) is 0 Å². The van der Waals surface area contributed by atoms with Gasteiger partial charge >= 0.3 is 0 Å². The minimum atomic E-state index is -1.64. The third-order valence-electron chi connectivity index (χ3n) is 15.6. The minimum Gasteiger partial charge on any atom is -0.508 e. The van der Waals surface area contributed by atoms with Crippen LogP contribution in [0, 0.1) is 11.3 Å². The molecule has 68 heavy (non-hydrogen) atoms. The Kier molecular flexibility index (Phi) is 8.12. The van der Waals surface area contributed by atoms with Crippen molar-refractivity contribution in [2.75, 3.05) is 0 Å². The molecular weight excluding hydrogens is 865 g/mol. The van der Waals surface area contributed by atoms with Gasteiger partial charge in [-0.3, -0.25) is 9.59 Å². The van der Waals surface area contributed by atoms with E-state index in [4.69, 9.17) is 9.47 Å². The molecule has 6 aliphatic rings. The molecule has 2 heterocycles. The Morgan fingerprint density at radius 1 is 0.397 bits per heavy atom. The molecule has 10 atom stereocenters. The van der Waals surface area contributed by atoms with Crippen LogP contribution in [0.15, 0.2) is 145 Å². The molecule has 0 saturated heterocycles. The van der Waals surface area contributed by atoms with Crippen molar-refractivity contribution in [3.8, 4) is 57.5 Å². The van der Waals surface area contributed by atoms with E-state index in [0.717, 1.165) is 0 Å². The van der Waals surface area contributed by atoms with Crippen molar-refractivity contribution in [1.29, 1.82) is 0 Å². The van der Waals surface area contributed by atoms with Gasteiger partial charge in [-0.15, -0.1) is 0 Å². The van der Waals surface area contributed by atoms with Crippen LogP contribution in [-0.4, -0.2) is 52.4 Å². The highest BCUT2D eigenvalue weighted by Gasteiger charge is 2.76. The SMILES string of the molecule is O=C1C=C2[C@@H]3c4c(cc(O)cc4[C@H]4c5c(O)cc6c(c5[C@@H]5[C@@H](c7ccc(O)cc7)[C@@H]1C(=O)[C@@]25[C@H]4c1ccc(O)cc1)[C@@H](c1cc(O)cc(O)c1)[C@@H](c1ccc(O)cc1)O6)O[C@H]3c1ccc(O)cc1. The van der Waals surface area contributed by atoms with Crippen molar-refractivity contribution in [2.24, 2.45) is 11.3 Å². The van der Waals surface area contributed by atoms with Crippen LogP contribution < -0.4 is 9.47 Å². The Labute approximate surface area is 387 Å². The number of phenolic OH excluding ortho intramolecular Hbond substituents is 8. The van der Waals surface area contributed by atoms with Crippen molar-refractivity contribution < 1.29 is 59.9 Å². The topological polar surface area (TPSA) is 214 Å². The molecule has 1 saturated carbocycles. The smallest absolute Gasteiger partial charge is 0.166 e. The Morgan fingerprint density at radius 3 is 1.47 bits per heavy atom. The summed E-state index contributed by atoms with van der Waals surface area (Å²) in [6, 6.07) is 35.0. The van der Waals surface area contributed by atoms with Crippen molar-refractivity contribution in [1.82, 2.24) is 0 Å². The number of hydrogen-bond donors (Lipinski definition) is 8. The molecule has 4 aliphatic carbocycles. The van der Waals surface area contributed by atoms with Crippen LogP contribution >= 0.6 is 0 Å². The summed E-state index contributed by atoms with van der Waals surface area (Å²) < 4.78 is 13.8. The molecule has 7 aromatic carbocycles. The number of phenols is 8. The predicted octanol–water partition coefficient (Wildman–Crippen LogP) is 9.32. The number of aromatic hydroxyl groups is 8. The van der Waals surface area contributed by atoms with Crippen LogP contribution in [0.4, 0.5) is 0 Å². The lowest BCUT2D eigenvalue weighted by Gasteiger charge is -2.52. The molecule has 3 bridgehead atoms. The Balaban J connectivity index is 1.21. The number of carbonyl (C=O) groups excluding carboxylic acids is 2. The van der Waals surface area contributed by atoms with Gasteiger partial charge in [-0.05, 0) is 117 Å². The highest BCUT2D eigenvalue weighted by atomic mass is 16.5. The number of carbonyl (C=O) groups is 2. The molecule has 13 rings (SSSR count). The largest absolute Gasteiger partial charge is 0.508 e.